The lowest BCUT2D eigenvalue weighted by Crippen LogP contribution is -2.15. The van der Waals surface area contributed by atoms with Crippen LogP contribution in [0, 0.1) is 23.5 Å². The molecule has 1 fully saturated rings. The summed E-state index contributed by atoms with van der Waals surface area (Å²) in [7, 11) is 0. The van der Waals surface area contributed by atoms with Crippen molar-refractivity contribution in [2.45, 2.75) is 77.6 Å². The molecule has 0 heterocycles. The van der Waals surface area contributed by atoms with Crippen molar-refractivity contribution >= 4 is 0 Å². The molecule has 0 atom stereocenters. The van der Waals surface area contributed by atoms with Crippen molar-refractivity contribution in [3.05, 3.63) is 70.8 Å². The Hall–Kier alpha value is -1.96. The maximum absolute atomic E-state index is 15.1. The van der Waals surface area contributed by atoms with Crippen LogP contribution in [0.2, 0.25) is 0 Å². The molecule has 1 saturated carbocycles. The van der Waals surface area contributed by atoms with E-state index >= 15 is 4.39 Å². The highest BCUT2D eigenvalue weighted by Gasteiger charge is 2.22. The van der Waals surface area contributed by atoms with Crippen molar-refractivity contribution in [3.63, 3.8) is 0 Å². The molecule has 0 unspecified atom stereocenters. The lowest BCUT2D eigenvalue weighted by molar-refractivity contribution is 0.249. The number of allylic oxidation sites excluding steroid dienone is 2. The van der Waals surface area contributed by atoms with Crippen LogP contribution < -0.4 is 0 Å². The molecule has 4 rings (SSSR count). The first-order valence-electron chi connectivity index (χ1n) is 11.9. The standard InChI is InChI=1S/C28H34F2/c1-2-3-4-20-5-7-21(8-6-20)9-10-22-11-17-27-24(19-22)14-18-26(28(27)30)23-12-15-25(29)16-13-23/h11-16,18,20-21H,2-10,17,19H2,1H3. The number of fused-ring (bicyclic) bond motifs is 1. The first-order valence-corrected chi connectivity index (χ1v) is 11.9. The minimum Gasteiger partial charge on any atom is -0.207 e. The second kappa shape index (κ2) is 9.90. The van der Waals surface area contributed by atoms with Gasteiger partial charge in [-0.3, -0.25) is 0 Å². The number of halogens is 2. The second-order valence-corrected chi connectivity index (χ2v) is 9.38. The Balaban J connectivity index is 1.33. The van der Waals surface area contributed by atoms with Crippen LogP contribution in [0.1, 0.15) is 75.8 Å². The minimum absolute atomic E-state index is 0.139. The SMILES string of the molecule is CCCCC1CCC(CCC2=CCc3c(ccc(-c4ccc(F)cc4)c3F)C2)CC1. The fourth-order valence-corrected chi connectivity index (χ4v) is 5.34. The van der Waals surface area contributed by atoms with Gasteiger partial charge in [0.15, 0.2) is 0 Å². The Labute approximate surface area is 180 Å². The van der Waals surface area contributed by atoms with Gasteiger partial charge in [0.2, 0.25) is 0 Å². The molecule has 2 aromatic rings. The van der Waals surface area contributed by atoms with E-state index < -0.39 is 0 Å². The summed E-state index contributed by atoms with van der Waals surface area (Å²) in [6.07, 6.45) is 16.0. The van der Waals surface area contributed by atoms with E-state index in [-0.39, 0.29) is 11.6 Å². The molecule has 0 amide bonds. The van der Waals surface area contributed by atoms with Crippen LogP contribution in [-0.2, 0) is 12.8 Å². The molecule has 0 spiro atoms. The van der Waals surface area contributed by atoms with E-state index in [1.54, 1.807) is 12.1 Å². The minimum atomic E-state index is -0.292. The molecule has 160 valence electrons. The van der Waals surface area contributed by atoms with Gasteiger partial charge < -0.3 is 0 Å². The monoisotopic (exact) mass is 408 g/mol. The first-order chi connectivity index (χ1) is 14.6. The van der Waals surface area contributed by atoms with Gasteiger partial charge in [-0.15, -0.1) is 0 Å². The molecule has 0 bridgehead atoms. The van der Waals surface area contributed by atoms with Gasteiger partial charge in [0.25, 0.3) is 0 Å². The Bertz CT molecular complexity index is 870. The summed E-state index contributed by atoms with van der Waals surface area (Å²) >= 11 is 0. The van der Waals surface area contributed by atoms with Gasteiger partial charge >= 0.3 is 0 Å². The molecule has 2 aliphatic carbocycles. The quantitative estimate of drug-likeness (QED) is 0.403. The van der Waals surface area contributed by atoms with Crippen LogP contribution in [0.5, 0.6) is 0 Å². The van der Waals surface area contributed by atoms with E-state index in [9.17, 15) is 4.39 Å². The predicted octanol–water partition coefficient (Wildman–Crippen LogP) is 8.43. The van der Waals surface area contributed by atoms with E-state index in [4.69, 9.17) is 0 Å². The van der Waals surface area contributed by atoms with Crippen LogP contribution in [0.3, 0.4) is 0 Å². The van der Waals surface area contributed by atoms with Crippen LogP contribution in [0.25, 0.3) is 11.1 Å². The summed E-state index contributed by atoms with van der Waals surface area (Å²) < 4.78 is 28.3. The summed E-state index contributed by atoms with van der Waals surface area (Å²) in [5, 5.41) is 0. The number of rotatable bonds is 7. The highest BCUT2D eigenvalue weighted by atomic mass is 19.1. The maximum atomic E-state index is 15.1. The fraction of sp³-hybridized carbons (Fsp3) is 0.500. The molecule has 0 radical (unpaired) electrons. The summed E-state index contributed by atoms with van der Waals surface area (Å²) in [5.41, 5.74) is 4.73. The average molecular weight is 409 g/mol. The van der Waals surface area contributed by atoms with E-state index in [1.807, 2.05) is 6.07 Å². The number of benzene rings is 2. The van der Waals surface area contributed by atoms with Gasteiger partial charge in [0, 0.05) is 5.56 Å². The number of hydrogen-bond donors (Lipinski definition) is 0. The normalized spacial score (nSPS) is 21.2. The van der Waals surface area contributed by atoms with Crippen LogP contribution in [0.15, 0.2) is 48.0 Å². The van der Waals surface area contributed by atoms with Gasteiger partial charge in [-0.25, -0.2) is 8.78 Å². The Morgan fingerprint density at radius 2 is 1.57 bits per heavy atom. The summed E-state index contributed by atoms with van der Waals surface area (Å²) in [5.74, 6) is 1.42. The van der Waals surface area contributed by atoms with Crippen molar-refractivity contribution in [3.8, 4) is 11.1 Å². The third kappa shape index (κ3) is 5.02. The molecular weight excluding hydrogens is 374 g/mol. The summed E-state index contributed by atoms with van der Waals surface area (Å²) in [4.78, 5) is 0. The lowest BCUT2D eigenvalue weighted by Gasteiger charge is -2.29. The van der Waals surface area contributed by atoms with Crippen LogP contribution in [0.4, 0.5) is 8.78 Å². The van der Waals surface area contributed by atoms with Crippen LogP contribution >= 0.6 is 0 Å². The lowest BCUT2D eigenvalue weighted by atomic mass is 9.77. The largest absolute Gasteiger partial charge is 0.207 e. The third-order valence-electron chi connectivity index (χ3n) is 7.31. The Kier molecular flexibility index (Phi) is 7.02. The molecular formula is C28H34F2. The molecule has 2 aliphatic rings. The van der Waals surface area contributed by atoms with Gasteiger partial charge in [0.1, 0.15) is 11.6 Å². The highest BCUT2D eigenvalue weighted by molar-refractivity contribution is 5.66. The van der Waals surface area contributed by atoms with E-state index in [0.29, 0.717) is 12.0 Å². The van der Waals surface area contributed by atoms with Crippen molar-refractivity contribution in [2.24, 2.45) is 11.8 Å². The zero-order chi connectivity index (χ0) is 20.9. The Morgan fingerprint density at radius 1 is 0.867 bits per heavy atom. The zero-order valence-electron chi connectivity index (χ0n) is 18.2. The molecule has 30 heavy (non-hydrogen) atoms. The topological polar surface area (TPSA) is 0 Å². The summed E-state index contributed by atoms with van der Waals surface area (Å²) in [6.45, 7) is 2.29. The van der Waals surface area contributed by atoms with E-state index in [0.717, 1.165) is 41.4 Å². The maximum Gasteiger partial charge on any atom is 0.134 e. The molecule has 0 nitrogen and oxygen atoms in total. The van der Waals surface area contributed by atoms with Crippen molar-refractivity contribution in [1.82, 2.24) is 0 Å². The third-order valence-corrected chi connectivity index (χ3v) is 7.31. The van der Waals surface area contributed by atoms with Gasteiger partial charge in [-0.2, -0.15) is 0 Å². The van der Waals surface area contributed by atoms with Crippen molar-refractivity contribution in [1.29, 1.82) is 0 Å². The Morgan fingerprint density at radius 3 is 2.27 bits per heavy atom. The van der Waals surface area contributed by atoms with E-state index in [1.165, 1.54) is 69.1 Å². The highest BCUT2D eigenvalue weighted by Crippen LogP contribution is 2.36. The second-order valence-electron chi connectivity index (χ2n) is 9.38. The van der Waals surface area contributed by atoms with Crippen LogP contribution in [-0.4, -0.2) is 0 Å². The molecule has 2 aromatic carbocycles. The molecule has 0 aromatic heterocycles. The average Bonchev–Trinajstić information content (AvgIpc) is 2.78. The van der Waals surface area contributed by atoms with Gasteiger partial charge in [-0.05, 0) is 66.3 Å². The van der Waals surface area contributed by atoms with Gasteiger partial charge in [0.05, 0.1) is 0 Å². The number of hydrogen-bond acceptors (Lipinski definition) is 0. The van der Waals surface area contributed by atoms with E-state index in [2.05, 4.69) is 19.1 Å². The molecule has 2 heteroatoms. The fourth-order valence-electron chi connectivity index (χ4n) is 5.34. The smallest absolute Gasteiger partial charge is 0.134 e. The summed E-state index contributed by atoms with van der Waals surface area (Å²) in [6, 6.07) is 10.0. The predicted molar refractivity (Wildman–Crippen MR) is 121 cm³/mol. The zero-order valence-corrected chi connectivity index (χ0v) is 18.2. The van der Waals surface area contributed by atoms with Crippen molar-refractivity contribution in [2.75, 3.05) is 0 Å². The molecule has 0 saturated heterocycles. The number of unbranched alkanes of at least 4 members (excludes halogenated alkanes) is 1. The van der Waals surface area contributed by atoms with Crippen molar-refractivity contribution < 1.29 is 8.78 Å². The first kappa shape index (κ1) is 21.3. The van der Waals surface area contributed by atoms with Gasteiger partial charge in [-0.1, -0.05) is 87.8 Å². The molecule has 0 N–H and O–H groups in total. The molecule has 0 aliphatic heterocycles.